The fourth-order valence-electron chi connectivity index (χ4n) is 6.19. The van der Waals surface area contributed by atoms with Crippen molar-refractivity contribution in [3.8, 4) is 16.9 Å². The minimum atomic E-state index is -1.01. The predicted octanol–water partition coefficient (Wildman–Crippen LogP) is 5.40. The lowest BCUT2D eigenvalue weighted by atomic mass is 9.98. The lowest BCUT2D eigenvalue weighted by molar-refractivity contribution is -0.384. The molecule has 3 atom stereocenters. The number of fused-ring (bicyclic) bond motifs is 3. The summed E-state index contributed by atoms with van der Waals surface area (Å²) in [6, 6.07) is 25.1. The second-order valence-corrected chi connectivity index (χ2v) is 13.0. The summed E-state index contributed by atoms with van der Waals surface area (Å²) in [5.41, 5.74) is 10.4. The van der Waals surface area contributed by atoms with Crippen molar-refractivity contribution in [2.24, 2.45) is 11.7 Å². The Morgan fingerprint density at radius 1 is 0.893 bits per heavy atom. The number of hydrogen-bond acceptors (Lipinski definition) is 11. The summed E-state index contributed by atoms with van der Waals surface area (Å²) in [6.45, 7) is 1.84. The fraction of sp³-hybridized carbons (Fsp3) is 0.275. The number of nitro groups is 1. The van der Waals surface area contributed by atoms with Crippen molar-refractivity contribution in [3.05, 3.63) is 124 Å². The van der Waals surface area contributed by atoms with Gasteiger partial charge in [-0.1, -0.05) is 67.6 Å². The molecule has 292 valence electrons. The number of primary amides is 1. The first kappa shape index (κ1) is 40.4. The number of non-ortho nitro benzene ring substituents is 1. The van der Waals surface area contributed by atoms with Crippen molar-refractivity contribution in [1.82, 2.24) is 16.0 Å². The Kier molecular flexibility index (Phi) is 14.1. The number of aldehydes is 1. The van der Waals surface area contributed by atoms with E-state index in [4.69, 9.17) is 19.9 Å². The number of hydrogen-bond donors (Lipinski definition) is 5. The topological polar surface area (TPSA) is 230 Å². The second-order valence-electron chi connectivity index (χ2n) is 13.0. The number of alkyl carbamates (subject to hydrolysis) is 1. The van der Waals surface area contributed by atoms with Crippen molar-refractivity contribution in [2.75, 3.05) is 25.0 Å². The summed E-state index contributed by atoms with van der Waals surface area (Å²) in [7, 11) is 0. The third-order valence-electron chi connectivity index (χ3n) is 9.19. The highest BCUT2D eigenvalue weighted by Gasteiger charge is 2.30. The van der Waals surface area contributed by atoms with Gasteiger partial charge < -0.3 is 46.0 Å². The zero-order chi connectivity index (χ0) is 40.0. The summed E-state index contributed by atoms with van der Waals surface area (Å²) in [5.74, 6) is -1.13. The molecule has 56 heavy (non-hydrogen) atoms. The quantitative estimate of drug-likeness (QED) is 0.0215. The van der Waals surface area contributed by atoms with Crippen LogP contribution in [0.4, 0.5) is 25.8 Å². The van der Waals surface area contributed by atoms with Gasteiger partial charge in [-0.25, -0.2) is 14.4 Å². The first-order valence-corrected chi connectivity index (χ1v) is 17.8. The number of carbonyl (C=O) groups is 5. The summed E-state index contributed by atoms with van der Waals surface area (Å²) in [4.78, 5) is 72.1. The minimum absolute atomic E-state index is 0.0394. The molecule has 0 spiro atoms. The Hall–Kier alpha value is -6.81. The van der Waals surface area contributed by atoms with Gasteiger partial charge in [-0.15, -0.1) is 0 Å². The van der Waals surface area contributed by atoms with Crippen molar-refractivity contribution in [2.45, 2.75) is 44.4 Å². The van der Waals surface area contributed by atoms with E-state index >= 15 is 0 Å². The van der Waals surface area contributed by atoms with Crippen LogP contribution < -0.4 is 31.7 Å². The molecule has 1 aliphatic rings. The summed E-state index contributed by atoms with van der Waals surface area (Å²) in [5, 5.41) is 22.1. The molecule has 0 aliphatic heterocycles. The number of benzene rings is 4. The second kappa shape index (κ2) is 19.5. The van der Waals surface area contributed by atoms with Gasteiger partial charge >= 0.3 is 18.3 Å². The molecule has 0 aromatic heterocycles. The number of nitrogens with two attached hydrogens (primary N) is 1. The van der Waals surface area contributed by atoms with Gasteiger partial charge in [0, 0.05) is 42.7 Å². The predicted molar refractivity (Wildman–Crippen MR) is 205 cm³/mol. The third kappa shape index (κ3) is 11.1. The molecule has 0 saturated carbocycles. The van der Waals surface area contributed by atoms with Crippen LogP contribution in [-0.4, -0.2) is 67.2 Å². The van der Waals surface area contributed by atoms with Crippen LogP contribution in [0.15, 0.2) is 97.1 Å². The maximum absolute atomic E-state index is 13.5. The van der Waals surface area contributed by atoms with Gasteiger partial charge in [0.05, 0.1) is 17.0 Å². The van der Waals surface area contributed by atoms with Crippen molar-refractivity contribution < 1.29 is 43.1 Å². The number of ether oxygens (including phenoxy) is 3. The van der Waals surface area contributed by atoms with Crippen LogP contribution in [0.2, 0.25) is 0 Å². The number of anilines is 1. The zero-order valence-corrected chi connectivity index (χ0v) is 30.5. The lowest BCUT2D eigenvalue weighted by Gasteiger charge is -2.26. The maximum Gasteiger partial charge on any atom is 0.514 e. The summed E-state index contributed by atoms with van der Waals surface area (Å²) < 4.78 is 15.9. The average Bonchev–Trinajstić information content (AvgIpc) is 3.52. The van der Waals surface area contributed by atoms with E-state index in [1.165, 1.54) is 24.3 Å². The van der Waals surface area contributed by atoms with E-state index in [0.29, 0.717) is 24.0 Å². The molecule has 16 nitrogen and oxygen atoms in total. The van der Waals surface area contributed by atoms with Crippen molar-refractivity contribution in [1.29, 1.82) is 0 Å². The van der Waals surface area contributed by atoms with Crippen LogP contribution in [0, 0.1) is 16.0 Å². The number of nitrogens with one attached hydrogen (secondary N) is 4. The molecule has 1 unspecified atom stereocenters. The monoisotopic (exact) mass is 766 g/mol. The molecule has 16 heteroatoms. The molecule has 4 amide bonds. The zero-order valence-electron chi connectivity index (χ0n) is 30.5. The van der Waals surface area contributed by atoms with Gasteiger partial charge in [-0.3, -0.25) is 14.9 Å². The molecule has 0 saturated heterocycles. The number of nitrogens with zero attached hydrogens (tertiary/aromatic N) is 1. The van der Waals surface area contributed by atoms with E-state index < -0.39 is 47.1 Å². The number of amides is 4. The molecular formula is C40H42N6O10. The normalized spacial score (nSPS) is 13.2. The molecule has 4 aromatic carbocycles. The van der Waals surface area contributed by atoms with E-state index in [1.807, 2.05) is 48.5 Å². The van der Waals surface area contributed by atoms with Crippen LogP contribution in [0.1, 0.15) is 42.4 Å². The molecule has 4 aromatic rings. The first-order valence-electron chi connectivity index (χ1n) is 17.8. The Balaban J connectivity index is 1.15. The molecule has 0 fully saturated rings. The van der Waals surface area contributed by atoms with E-state index in [9.17, 15) is 34.1 Å². The van der Waals surface area contributed by atoms with E-state index in [-0.39, 0.29) is 50.1 Å². The number of rotatable bonds is 18. The van der Waals surface area contributed by atoms with Gasteiger partial charge in [0.25, 0.3) is 5.69 Å². The van der Waals surface area contributed by atoms with Crippen LogP contribution in [-0.2, 0) is 25.7 Å². The standard InChI is InChI=1S/C40H42N6O10/c1-25(22-47)36(45-39(50)54-24-34-32-9-4-2-7-30(32)31-8-3-5-10-33(31)34)21-43-35(11-6-20-42-38(41)49)37(48)44-27-14-12-26(13-15-27)23-55-40(51)56-29-18-16-28(17-19-29)46(52)53/h2-5,7-10,12-19,22,25,34-36,43H,6,11,20-21,23-24H2,1H3,(H,44,48)(H,45,50)(H3,41,42,49)/t25-,35+,36?/m1/s1. The van der Waals surface area contributed by atoms with Gasteiger partial charge in [-0.2, -0.15) is 0 Å². The Morgan fingerprint density at radius 3 is 2.14 bits per heavy atom. The van der Waals surface area contributed by atoms with Crippen LogP contribution in [0.25, 0.3) is 11.1 Å². The maximum atomic E-state index is 13.5. The van der Waals surface area contributed by atoms with Gasteiger partial charge in [0.15, 0.2) is 0 Å². The van der Waals surface area contributed by atoms with E-state index in [0.717, 1.165) is 22.3 Å². The highest BCUT2D eigenvalue weighted by molar-refractivity contribution is 5.94. The number of carbonyl (C=O) groups excluding carboxylic acids is 5. The summed E-state index contributed by atoms with van der Waals surface area (Å²) in [6.07, 6.45) is -0.354. The van der Waals surface area contributed by atoms with E-state index in [1.54, 1.807) is 31.2 Å². The molecule has 5 rings (SSSR count). The molecule has 6 N–H and O–H groups in total. The highest BCUT2D eigenvalue weighted by atomic mass is 16.7. The van der Waals surface area contributed by atoms with Crippen molar-refractivity contribution in [3.63, 3.8) is 0 Å². The Labute approximate surface area is 322 Å². The molecule has 0 bridgehead atoms. The van der Waals surface area contributed by atoms with Crippen LogP contribution >= 0.6 is 0 Å². The lowest BCUT2D eigenvalue weighted by Crippen LogP contribution is -2.51. The molecular weight excluding hydrogens is 724 g/mol. The summed E-state index contributed by atoms with van der Waals surface area (Å²) >= 11 is 0. The van der Waals surface area contributed by atoms with Crippen molar-refractivity contribution >= 4 is 41.8 Å². The Bertz CT molecular complexity index is 1980. The number of nitro benzene ring substituents is 1. The van der Waals surface area contributed by atoms with Gasteiger partial charge in [0.2, 0.25) is 5.91 Å². The van der Waals surface area contributed by atoms with E-state index in [2.05, 4.69) is 21.3 Å². The van der Waals surface area contributed by atoms with Crippen LogP contribution in [0.3, 0.4) is 0 Å². The highest BCUT2D eigenvalue weighted by Crippen LogP contribution is 2.44. The number of urea groups is 1. The fourth-order valence-corrected chi connectivity index (χ4v) is 6.19. The van der Waals surface area contributed by atoms with Gasteiger partial charge in [-0.05, 0) is 64.9 Å². The first-order chi connectivity index (χ1) is 27.0. The van der Waals surface area contributed by atoms with Crippen LogP contribution in [0.5, 0.6) is 5.75 Å². The largest absolute Gasteiger partial charge is 0.514 e. The Morgan fingerprint density at radius 2 is 1.54 bits per heavy atom. The molecule has 0 radical (unpaired) electrons. The molecule has 1 aliphatic carbocycles. The average molecular weight is 767 g/mol. The SMILES string of the molecule is C[C@H](C=O)C(CN[C@@H](CCCNC(N)=O)C(=O)Nc1ccc(COC(=O)Oc2ccc([N+](=O)[O-])cc2)cc1)NC(=O)OCC1c2ccccc2-c2ccccc21. The van der Waals surface area contributed by atoms with Gasteiger partial charge in [0.1, 0.15) is 25.2 Å². The minimum Gasteiger partial charge on any atom is -0.449 e. The smallest absolute Gasteiger partial charge is 0.449 e. The third-order valence-corrected chi connectivity index (χ3v) is 9.19. The molecule has 0 heterocycles.